The smallest absolute Gasteiger partial charge is 0.267 e. The van der Waals surface area contributed by atoms with E-state index in [2.05, 4.69) is 10.2 Å². The lowest BCUT2D eigenvalue weighted by molar-refractivity contribution is -0.122. The number of rotatable bonds is 7. The Kier molecular flexibility index (Phi) is 7.22. The summed E-state index contributed by atoms with van der Waals surface area (Å²) in [6.45, 7) is 2.23. The number of thioether (sulfide) groups is 1. The summed E-state index contributed by atoms with van der Waals surface area (Å²) in [5.74, 6) is 1.20. The van der Waals surface area contributed by atoms with Crippen LogP contribution in [0, 0.1) is 0 Å². The molecule has 1 amide bonds. The highest BCUT2D eigenvalue weighted by atomic mass is 32.2. The molecule has 1 fully saturated rings. The first-order valence-electron chi connectivity index (χ1n) is 10.4. The van der Waals surface area contributed by atoms with E-state index >= 15 is 0 Å². The van der Waals surface area contributed by atoms with Gasteiger partial charge in [-0.2, -0.15) is 5.10 Å². The van der Waals surface area contributed by atoms with Crippen molar-refractivity contribution in [3.63, 3.8) is 0 Å². The maximum absolute atomic E-state index is 13.2. The second kappa shape index (κ2) is 10.7. The van der Waals surface area contributed by atoms with Crippen molar-refractivity contribution >= 4 is 41.2 Å². The zero-order chi connectivity index (χ0) is 23.0. The first-order valence-corrected chi connectivity index (χ1v) is 11.2. The van der Waals surface area contributed by atoms with Crippen LogP contribution in [0.15, 0.2) is 98.1 Å². The number of carbonyl (C=O) groups is 1. The number of carbonyl (C=O) groups excluding carboxylic acids is 1. The molecular weight excluding hydrogens is 434 g/mol. The molecule has 0 bridgehead atoms. The van der Waals surface area contributed by atoms with Crippen LogP contribution in [0.4, 0.5) is 0 Å². The van der Waals surface area contributed by atoms with E-state index in [9.17, 15) is 4.79 Å². The first kappa shape index (κ1) is 22.4. The molecule has 0 unspecified atom stereocenters. The number of methoxy groups -OCH3 is 1. The summed E-state index contributed by atoms with van der Waals surface area (Å²) in [4.78, 5) is 15.3. The van der Waals surface area contributed by atoms with Gasteiger partial charge in [-0.15, -0.1) is 5.10 Å². The van der Waals surface area contributed by atoms with Crippen LogP contribution in [0.1, 0.15) is 23.8 Å². The average Bonchev–Trinajstić information content (AvgIpc) is 3.44. The van der Waals surface area contributed by atoms with Crippen molar-refractivity contribution in [3.8, 4) is 5.75 Å². The highest BCUT2D eigenvalue weighted by Gasteiger charge is 2.34. The standard InChI is InChI=1S/C26H23N3O3S/c1-19(15-20-9-4-3-5-10-20)17-27-28-26-29(18-22-12-8-14-32-22)25(30)24(33-26)16-21-11-6-7-13-23(21)31-2/h3-17H,18H2,1-2H3/b19-15+,24-16-,27-17+,28-26-. The van der Waals surface area contributed by atoms with Gasteiger partial charge < -0.3 is 9.15 Å². The van der Waals surface area contributed by atoms with Gasteiger partial charge in [-0.25, -0.2) is 0 Å². The number of hydrogen-bond acceptors (Lipinski definition) is 6. The van der Waals surface area contributed by atoms with Crippen molar-refractivity contribution < 1.29 is 13.9 Å². The number of amidine groups is 1. The third-order valence-corrected chi connectivity index (χ3v) is 5.80. The summed E-state index contributed by atoms with van der Waals surface area (Å²) in [5.41, 5.74) is 2.85. The summed E-state index contributed by atoms with van der Waals surface area (Å²) >= 11 is 1.28. The molecule has 0 saturated carbocycles. The monoisotopic (exact) mass is 457 g/mol. The van der Waals surface area contributed by atoms with Crippen LogP contribution in [-0.4, -0.2) is 29.3 Å². The number of hydrogen-bond donors (Lipinski definition) is 0. The van der Waals surface area contributed by atoms with Crippen LogP contribution in [0.2, 0.25) is 0 Å². The van der Waals surface area contributed by atoms with Gasteiger partial charge in [0.15, 0.2) is 5.17 Å². The fourth-order valence-corrected chi connectivity index (χ4v) is 4.15. The van der Waals surface area contributed by atoms with Crippen molar-refractivity contribution in [2.75, 3.05) is 7.11 Å². The fourth-order valence-electron chi connectivity index (χ4n) is 3.23. The third kappa shape index (κ3) is 5.70. The molecule has 7 heteroatoms. The van der Waals surface area contributed by atoms with Crippen LogP contribution in [0.3, 0.4) is 0 Å². The number of ether oxygens (including phenoxy) is 1. The van der Waals surface area contributed by atoms with Gasteiger partial charge in [0, 0.05) is 5.56 Å². The summed E-state index contributed by atoms with van der Waals surface area (Å²) in [5, 5.41) is 9.07. The molecule has 0 radical (unpaired) electrons. The van der Waals surface area contributed by atoms with Gasteiger partial charge in [-0.3, -0.25) is 9.69 Å². The normalized spacial score (nSPS) is 17.0. The Morgan fingerprint density at radius 2 is 1.88 bits per heavy atom. The number of nitrogens with zero attached hydrogens (tertiary/aromatic N) is 3. The Labute approximate surface area is 197 Å². The summed E-state index contributed by atoms with van der Waals surface area (Å²) in [6.07, 6.45) is 7.09. The zero-order valence-electron chi connectivity index (χ0n) is 18.3. The molecule has 1 aliphatic rings. The van der Waals surface area contributed by atoms with Gasteiger partial charge in [-0.1, -0.05) is 54.6 Å². The number of furan rings is 1. The van der Waals surface area contributed by atoms with E-state index in [1.54, 1.807) is 30.6 Å². The van der Waals surface area contributed by atoms with Crippen molar-refractivity contribution in [2.45, 2.75) is 13.5 Å². The Morgan fingerprint density at radius 1 is 1.09 bits per heavy atom. The lowest BCUT2D eigenvalue weighted by Crippen LogP contribution is -2.28. The minimum Gasteiger partial charge on any atom is -0.496 e. The minimum absolute atomic E-state index is 0.159. The van der Waals surface area contributed by atoms with Crippen molar-refractivity contribution in [2.24, 2.45) is 10.2 Å². The van der Waals surface area contributed by atoms with Crippen LogP contribution in [0.25, 0.3) is 12.2 Å². The summed E-state index contributed by atoms with van der Waals surface area (Å²) < 4.78 is 10.9. The third-order valence-electron chi connectivity index (χ3n) is 4.81. The SMILES string of the molecule is COc1ccccc1/C=C1\S\C(=N/N=C/C(C)=C/c2ccccc2)N(Cc2ccco2)C1=O. The Balaban J connectivity index is 1.60. The number of benzene rings is 2. The lowest BCUT2D eigenvalue weighted by atomic mass is 10.1. The van der Waals surface area contributed by atoms with E-state index in [0.29, 0.717) is 21.6 Å². The van der Waals surface area contributed by atoms with E-state index in [4.69, 9.17) is 9.15 Å². The Bertz CT molecular complexity index is 1230. The van der Waals surface area contributed by atoms with Gasteiger partial charge in [0.1, 0.15) is 11.5 Å². The van der Waals surface area contributed by atoms with Crippen molar-refractivity contribution in [1.29, 1.82) is 0 Å². The zero-order valence-corrected chi connectivity index (χ0v) is 19.2. The predicted molar refractivity (Wildman–Crippen MR) is 134 cm³/mol. The highest BCUT2D eigenvalue weighted by molar-refractivity contribution is 8.18. The molecule has 4 rings (SSSR count). The largest absolute Gasteiger partial charge is 0.496 e. The maximum Gasteiger partial charge on any atom is 0.267 e. The summed E-state index contributed by atoms with van der Waals surface area (Å²) in [7, 11) is 1.61. The molecule has 1 saturated heterocycles. The molecule has 0 spiro atoms. The topological polar surface area (TPSA) is 67.4 Å². The summed E-state index contributed by atoms with van der Waals surface area (Å²) in [6, 6.07) is 21.2. The quantitative estimate of drug-likeness (QED) is 0.254. The maximum atomic E-state index is 13.2. The predicted octanol–water partition coefficient (Wildman–Crippen LogP) is 5.85. The second-order valence-electron chi connectivity index (χ2n) is 7.25. The van der Waals surface area contributed by atoms with E-state index in [1.807, 2.05) is 79.7 Å². The minimum atomic E-state index is -0.159. The fraction of sp³-hybridized carbons (Fsp3) is 0.115. The van der Waals surface area contributed by atoms with Crippen molar-refractivity contribution in [1.82, 2.24) is 4.90 Å². The Hall–Kier alpha value is -3.84. The molecular formula is C26H23N3O3S. The van der Waals surface area contributed by atoms with Crippen LogP contribution in [0.5, 0.6) is 5.75 Å². The molecule has 33 heavy (non-hydrogen) atoms. The van der Waals surface area contributed by atoms with E-state index in [-0.39, 0.29) is 12.5 Å². The second-order valence-corrected chi connectivity index (χ2v) is 8.26. The van der Waals surface area contributed by atoms with Gasteiger partial charge >= 0.3 is 0 Å². The number of allylic oxidation sites excluding steroid dienone is 1. The van der Waals surface area contributed by atoms with E-state index in [0.717, 1.165) is 16.7 Å². The lowest BCUT2D eigenvalue weighted by Gasteiger charge is -2.12. The number of amides is 1. The first-order chi connectivity index (χ1) is 16.1. The molecule has 3 aromatic rings. The van der Waals surface area contributed by atoms with Crippen LogP contribution >= 0.6 is 11.8 Å². The molecule has 0 aliphatic carbocycles. The van der Waals surface area contributed by atoms with Crippen LogP contribution < -0.4 is 4.74 Å². The van der Waals surface area contributed by atoms with E-state index in [1.165, 1.54) is 11.8 Å². The number of para-hydroxylation sites is 1. The van der Waals surface area contributed by atoms with Crippen molar-refractivity contribution in [3.05, 3.63) is 100 Å². The van der Waals surface area contributed by atoms with E-state index < -0.39 is 0 Å². The molecule has 0 atom stereocenters. The Morgan fingerprint density at radius 3 is 2.64 bits per heavy atom. The average molecular weight is 458 g/mol. The highest BCUT2D eigenvalue weighted by Crippen LogP contribution is 2.35. The molecule has 6 nitrogen and oxygen atoms in total. The van der Waals surface area contributed by atoms with Gasteiger partial charge in [-0.05, 0) is 54.1 Å². The van der Waals surface area contributed by atoms with Gasteiger partial charge in [0.2, 0.25) is 0 Å². The molecule has 2 aromatic carbocycles. The molecule has 0 N–H and O–H groups in total. The molecule has 1 aromatic heterocycles. The van der Waals surface area contributed by atoms with Gasteiger partial charge in [0.05, 0.1) is 31.0 Å². The van der Waals surface area contributed by atoms with Gasteiger partial charge in [0.25, 0.3) is 5.91 Å². The molecule has 2 heterocycles. The molecule has 166 valence electrons. The van der Waals surface area contributed by atoms with Crippen LogP contribution in [-0.2, 0) is 11.3 Å². The molecule has 1 aliphatic heterocycles.